The molecule has 0 bridgehead atoms. The van der Waals surface area contributed by atoms with Crippen molar-refractivity contribution in [2.45, 2.75) is 17.5 Å². The Balaban J connectivity index is 1.28. The van der Waals surface area contributed by atoms with E-state index < -0.39 is 0 Å². The zero-order valence-electron chi connectivity index (χ0n) is 16.3. The fourth-order valence-corrected chi connectivity index (χ4v) is 4.68. The number of halogens is 1. The van der Waals surface area contributed by atoms with E-state index in [1.54, 1.807) is 18.4 Å². The molecule has 5 aromatic rings. The SMILES string of the molecule is Nn1c(COc2ccc(F)cc2)nnc1SCc1nc2scc(-c3ccco3)c2c(=O)[nH]1. The molecule has 0 spiro atoms. The molecule has 1 aromatic carbocycles. The summed E-state index contributed by atoms with van der Waals surface area (Å²) in [4.78, 5) is 20.6. The Morgan fingerprint density at radius 3 is 2.88 bits per heavy atom. The molecule has 32 heavy (non-hydrogen) atoms. The van der Waals surface area contributed by atoms with Crippen molar-refractivity contribution in [3.05, 3.63) is 75.9 Å². The Labute approximate surface area is 188 Å². The van der Waals surface area contributed by atoms with Crippen LogP contribution in [0, 0.1) is 5.82 Å². The third-order valence-corrected chi connectivity index (χ3v) is 6.36. The van der Waals surface area contributed by atoms with Crippen LogP contribution in [0.3, 0.4) is 0 Å². The van der Waals surface area contributed by atoms with E-state index in [-0.39, 0.29) is 18.0 Å². The van der Waals surface area contributed by atoms with Gasteiger partial charge in [-0.15, -0.1) is 21.5 Å². The number of aromatic nitrogens is 5. The van der Waals surface area contributed by atoms with Gasteiger partial charge in [-0.2, -0.15) is 0 Å². The van der Waals surface area contributed by atoms with E-state index in [0.29, 0.717) is 44.3 Å². The molecular formula is C20H15FN6O3S2. The molecule has 0 aliphatic heterocycles. The molecule has 4 aromatic heterocycles. The third-order valence-electron chi connectivity index (χ3n) is 4.53. The highest BCUT2D eigenvalue weighted by Crippen LogP contribution is 2.31. The van der Waals surface area contributed by atoms with Gasteiger partial charge in [-0.3, -0.25) is 4.79 Å². The lowest BCUT2D eigenvalue weighted by Crippen LogP contribution is -2.16. The number of hydrogen-bond donors (Lipinski definition) is 2. The molecule has 0 amide bonds. The van der Waals surface area contributed by atoms with Crippen LogP contribution in [0.2, 0.25) is 0 Å². The maximum absolute atomic E-state index is 13.0. The van der Waals surface area contributed by atoms with E-state index in [1.165, 1.54) is 52.0 Å². The van der Waals surface area contributed by atoms with Gasteiger partial charge in [-0.25, -0.2) is 14.1 Å². The molecule has 9 nitrogen and oxygen atoms in total. The van der Waals surface area contributed by atoms with Crippen LogP contribution in [0.4, 0.5) is 4.39 Å². The molecule has 0 unspecified atom stereocenters. The van der Waals surface area contributed by atoms with Crippen LogP contribution in [0.25, 0.3) is 21.5 Å². The summed E-state index contributed by atoms with van der Waals surface area (Å²) < 4.78 is 25.3. The first-order chi connectivity index (χ1) is 15.6. The Morgan fingerprint density at radius 1 is 1.25 bits per heavy atom. The van der Waals surface area contributed by atoms with Crippen molar-refractivity contribution < 1.29 is 13.5 Å². The molecule has 5 rings (SSSR count). The summed E-state index contributed by atoms with van der Waals surface area (Å²) in [5.74, 6) is 8.06. The number of nitrogens with zero attached hydrogens (tertiary/aromatic N) is 4. The monoisotopic (exact) mass is 470 g/mol. The summed E-state index contributed by atoms with van der Waals surface area (Å²) in [6.45, 7) is 0.0709. The lowest BCUT2D eigenvalue weighted by molar-refractivity contribution is 0.291. The predicted molar refractivity (Wildman–Crippen MR) is 118 cm³/mol. The molecule has 12 heteroatoms. The van der Waals surface area contributed by atoms with Gasteiger partial charge < -0.3 is 20.0 Å². The molecular weight excluding hydrogens is 455 g/mol. The van der Waals surface area contributed by atoms with Gasteiger partial charge in [0.05, 0.1) is 17.4 Å². The lowest BCUT2D eigenvalue weighted by Gasteiger charge is -2.06. The number of hydrogen-bond acceptors (Lipinski definition) is 9. The van der Waals surface area contributed by atoms with Gasteiger partial charge in [0.2, 0.25) is 5.16 Å². The number of aromatic amines is 1. The first-order valence-electron chi connectivity index (χ1n) is 9.33. The average molecular weight is 471 g/mol. The van der Waals surface area contributed by atoms with E-state index in [4.69, 9.17) is 15.0 Å². The van der Waals surface area contributed by atoms with Crippen LogP contribution in [-0.4, -0.2) is 24.8 Å². The molecule has 162 valence electrons. The first kappa shape index (κ1) is 20.3. The van der Waals surface area contributed by atoms with Gasteiger partial charge in [0.1, 0.15) is 34.6 Å². The summed E-state index contributed by atoms with van der Waals surface area (Å²) in [7, 11) is 0. The van der Waals surface area contributed by atoms with Gasteiger partial charge in [0.25, 0.3) is 5.56 Å². The number of rotatable bonds is 7. The highest BCUT2D eigenvalue weighted by atomic mass is 32.2. The minimum absolute atomic E-state index is 0.0709. The highest BCUT2D eigenvalue weighted by Gasteiger charge is 2.16. The van der Waals surface area contributed by atoms with Crippen molar-refractivity contribution in [3.63, 3.8) is 0 Å². The number of fused-ring (bicyclic) bond motifs is 1. The lowest BCUT2D eigenvalue weighted by atomic mass is 10.2. The van der Waals surface area contributed by atoms with Gasteiger partial charge in [-0.1, -0.05) is 11.8 Å². The number of benzene rings is 1. The maximum Gasteiger partial charge on any atom is 0.260 e. The zero-order chi connectivity index (χ0) is 22.1. The highest BCUT2D eigenvalue weighted by molar-refractivity contribution is 7.98. The summed E-state index contributed by atoms with van der Waals surface area (Å²) in [5.41, 5.74) is 0.483. The summed E-state index contributed by atoms with van der Waals surface area (Å²) >= 11 is 2.66. The second kappa shape index (κ2) is 8.48. The predicted octanol–water partition coefficient (Wildman–Crippen LogP) is 3.56. The van der Waals surface area contributed by atoms with Crippen molar-refractivity contribution in [2.75, 3.05) is 5.84 Å². The van der Waals surface area contributed by atoms with E-state index in [1.807, 2.05) is 5.38 Å². The van der Waals surface area contributed by atoms with Gasteiger partial charge in [-0.05, 0) is 36.4 Å². The van der Waals surface area contributed by atoms with Crippen molar-refractivity contribution in [3.8, 4) is 17.1 Å². The molecule has 0 saturated carbocycles. The molecule has 0 radical (unpaired) electrons. The number of ether oxygens (including phenoxy) is 1. The molecule has 0 aliphatic rings. The minimum atomic E-state index is -0.345. The summed E-state index contributed by atoms with van der Waals surface area (Å²) in [6, 6.07) is 9.22. The van der Waals surface area contributed by atoms with E-state index >= 15 is 0 Å². The number of nitrogen functional groups attached to an aromatic ring is 1. The second-order valence-corrected chi connectivity index (χ2v) is 8.42. The Kier molecular flexibility index (Phi) is 5.37. The summed E-state index contributed by atoms with van der Waals surface area (Å²) in [6.07, 6.45) is 1.56. The van der Waals surface area contributed by atoms with Crippen LogP contribution in [0.15, 0.2) is 62.4 Å². The smallest absolute Gasteiger partial charge is 0.260 e. The summed E-state index contributed by atoms with van der Waals surface area (Å²) in [5, 5.41) is 10.9. The number of thioether (sulfide) groups is 1. The molecule has 3 N–H and O–H groups in total. The van der Waals surface area contributed by atoms with E-state index in [9.17, 15) is 9.18 Å². The van der Waals surface area contributed by atoms with Gasteiger partial charge >= 0.3 is 0 Å². The number of thiophene rings is 1. The molecule has 0 fully saturated rings. The second-order valence-electron chi connectivity index (χ2n) is 6.62. The van der Waals surface area contributed by atoms with Gasteiger partial charge in [0, 0.05) is 10.9 Å². The Bertz CT molecular complexity index is 1430. The first-order valence-corrected chi connectivity index (χ1v) is 11.2. The number of nitrogens with one attached hydrogen (secondary N) is 1. The normalized spacial score (nSPS) is 11.3. The largest absolute Gasteiger partial charge is 0.486 e. The number of H-pyrrole nitrogens is 1. The van der Waals surface area contributed by atoms with Crippen molar-refractivity contribution in [2.24, 2.45) is 0 Å². The fourth-order valence-electron chi connectivity index (χ4n) is 2.99. The molecule has 0 aliphatic carbocycles. The Morgan fingerprint density at radius 2 is 2.09 bits per heavy atom. The van der Waals surface area contributed by atoms with Crippen LogP contribution >= 0.6 is 23.1 Å². The standard InChI is InChI=1S/C20H15FN6O3S2/c21-11-3-5-12(6-4-11)30-8-16-25-26-20(27(16)22)32-10-15-23-18(28)17-13(9-31-19(17)24-15)14-2-1-7-29-14/h1-7,9H,8,10,22H2,(H,23,24,28). The molecule has 0 atom stereocenters. The van der Waals surface area contributed by atoms with Crippen LogP contribution < -0.4 is 16.1 Å². The fraction of sp³-hybridized carbons (Fsp3) is 0.100. The van der Waals surface area contributed by atoms with Crippen molar-refractivity contribution >= 4 is 33.3 Å². The number of nitrogens with two attached hydrogens (primary N) is 1. The van der Waals surface area contributed by atoms with Crippen LogP contribution in [-0.2, 0) is 12.4 Å². The quantitative estimate of drug-likeness (QED) is 0.273. The minimum Gasteiger partial charge on any atom is -0.486 e. The molecule has 0 saturated heterocycles. The van der Waals surface area contributed by atoms with Gasteiger partial charge in [0.15, 0.2) is 5.82 Å². The third kappa shape index (κ3) is 3.97. The number of furan rings is 1. The Hall–Kier alpha value is -3.64. The van der Waals surface area contributed by atoms with Crippen molar-refractivity contribution in [1.29, 1.82) is 0 Å². The van der Waals surface area contributed by atoms with E-state index in [0.717, 1.165) is 5.56 Å². The van der Waals surface area contributed by atoms with Crippen molar-refractivity contribution in [1.82, 2.24) is 24.8 Å². The van der Waals surface area contributed by atoms with Crippen LogP contribution in [0.1, 0.15) is 11.6 Å². The molecule has 4 heterocycles. The van der Waals surface area contributed by atoms with E-state index in [2.05, 4.69) is 20.2 Å². The van der Waals surface area contributed by atoms with Crippen LogP contribution in [0.5, 0.6) is 5.75 Å². The maximum atomic E-state index is 13.0. The topological polar surface area (TPSA) is 125 Å². The zero-order valence-corrected chi connectivity index (χ0v) is 18.0. The average Bonchev–Trinajstić information content (AvgIpc) is 3.52.